The minimum absolute atomic E-state index is 0.00582. The van der Waals surface area contributed by atoms with Crippen LogP contribution in [0.15, 0.2) is 0 Å². The Hall–Kier alpha value is -2.34. The molecule has 0 aliphatic carbocycles. The number of hydrogen-bond donors (Lipinski definition) is 2. The molecule has 0 unspecified atom stereocenters. The fraction of sp³-hybridized carbons (Fsp3) is 0.810. The first-order valence-electron chi connectivity index (χ1n) is 11.7. The van der Waals surface area contributed by atoms with Gasteiger partial charge >= 0.3 is 12.1 Å². The molecule has 0 aromatic rings. The lowest BCUT2D eigenvalue weighted by Gasteiger charge is -2.37. The van der Waals surface area contributed by atoms with Gasteiger partial charge in [-0.05, 0) is 52.3 Å². The van der Waals surface area contributed by atoms with Crippen LogP contribution in [-0.2, 0) is 14.4 Å². The summed E-state index contributed by atoms with van der Waals surface area (Å²) in [6.07, 6.45) is 2.81. The number of hydroxylamine groups is 2. The molecule has 0 radical (unpaired) electrons. The normalized spacial score (nSPS) is 23.0. The quantitative estimate of drug-likeness (QED) is 0.343. The Morgan fingerprint density at radius 1 is 1.09 bits per heavy atom. The van der Waals surface area contributed by atoms with Gasteiger partial charge in [-0.3, -0.25) is 20.5 Å². The van der Waals surface area contributed by atoms with Crippen LogP contribution in [0.3, 0.4) is 0 Å². The van der Waals surface area contributed by atoms with Gasteiger partial charge in [0, 0.05) is 32.7 Å². The van der Waals surface area contributed by atoms with Crippen molar-refractivity contribution in [3.05, 3.63) is 0 Å². The summed E-state index contributed by atoms with van der Waals surface area (Å²) in [5.74, 6) is -0.299. The molecule has 3 aliphatic heterocycles. The number of ether oxygens (including phenoxy) is 1. The fourth-order valence-corrected chi connectivity index (χ4v) is 4.31. The Balaban J connectivity index is 1.43. The average molecular weight is 485 g/mol. The van der Waals surface area contributed by atoms with Crippen molar-refractivity contribution in [1.82, 2.24) is 30.6 Å². The molecule has 12 heteroatoms. The maximum absolute atomic E-state index is 12.8. The first-order valence-corrected chi connectivity index (χ1v) is 12.1. The van der Waals surface area contributed by atoms with E-state index in [1.165, 1.54) is 5.06 Å². The number of hydrazine groups is 1. The van der Waals surface area contributed by atoms with Gasteiger partial charge in [0.1, 0.15) is 11.6 Å². The number of urea groups is 1. The van der Waals surface area contributed by atoms with Crippen molar-refractivity contribution in [2.75, 3.05) is 39.3 Å². The summed E-state index contributed by atoms with van der Waals surface area (Å²) in [6.45, 7) is 10.6. The molecule has 3 rings (SSSR count). The monoisotopic (exact) mass is 484 g/mol. The van der Waals surface area contributed by atoms with Gasteiger partial charge in [0.15, 0.2) is 5.11 Å². The highest BCUT2D eigenvalue weighted by Crippen LogP contribution is 2.30. The Morgan fingerprint density at radius 2 is 1.76 bits per heavy atom. The van der Waals surface area contributed by atoms with Crippen LogP contribution in [-0.4, -0.2) is 99.9 Å². The molecule has 0 aromatic carbocycles. The Bertz CT molecular complexity index is 752. The number of fused-ring (bicyclic) bond motifs is 2. The predicted molar refractivity (Wildman–Crippen MR) is 125 cm³/mol. The molecule has 11 nitrogen and oxygen atoms in total. The van der Waals surface area contributed by atoms with E-state index in [2.05, 4.69) is 17.8 Å². The molecule has 3 heterocycles. The standard InChI is InChI=1S/C21H36N6O5S/c1-5-6-13-31-27-15-7-8-16(26(14-15)19(27)29)17(28)22-23-18(33)24-9-11-25(12-10-24)20(30)32-21(2,3)4/h15-16H,5-14H2,1-4H3,(H,22,28)(H,23,33)/t15-,16-/m0/s1. The van der Waals surface area contributed by atoms with Crippen molar-refractivity contribution in [3.63, 3.8) is 0 Å². The molecule has 2 atom stereocenters. The zero-order chi connectivity index (χ0) is 24.2. The second-order valence-corrected chi connectivity index (χ2v) is 9.96. The molecule has 33 heavy (non-hydrogen) atoms. The molecular weight excluding hydrogens is 448 g/mol. The molecule has 3 fully saturated rings. The molecule has 4 amide bonds. The molecule has 2 bridgehead atoms. The van der Waals surface area contributed by atoms with Crippen LogP contribution in [0.4, 0.5) is 9.59 Å². The number of piperidine rings is 1. The van der Waals surface area contributed by atoms with Crippen LogP contribution in [0.2, 0.25) is 0 Å². The van der Waals surface area contributed by atoms with Crippen LogP contribution < -0.4 is 10.9 Å². The van der Waals surface area contributed by atoms with Gasteiger partial charge in [-0.25, -0.2) is 9.59 Å². The smallest absolute Gasteiger partial charge is 0.410 e. The predicted octanol–water partition coefficient (Wildman–Crippen LogP) is 1.45. The summed E-state index contributed by atoms with van der Waals surface area (Å²) in [5, 5.41) is 1.81. The third kappa shape index (κ3) is 6.38. The van der Waals surface area contributed by atoms with Crippen LogP contribution in [0, 0.1) is 0 Å². The van der Waals surface area contributed by atoms with E-state index in [0.29, 0.717) is 57.3 Å². The number of piperazine rings is 1. The van der Waals surface area contributed by atoms with Crippen molar-refractivity contribution in [2.24, 2.45) is 0 Å². The average Bonchev–Trinajstić information content (AvgIpc) is 3.01. The minimum atomic E-state index is -0.562. The van der Waals surface area contributed by atoms with Crippen LogP contribution in [0.5, 0.6) is 0 Å². The van der Waals surface area contributed by atoms with Crippen molar-refractivity contribution in [2.45, 2.75) is 71.1 Å². The second kappa shape index (κ2) is 10.7. The lowest BCUT2D eigenvalue weighted by atomic mass is 10.0. The summed E-state index contributed by atoms with van der Waals surface area (Å²) >= 11 is 5.41. The zero-order valence-corrected chi connectivity index (χ0v) is 20.8. The van der Waals surface area contributed by atoms with Gasteiger partial charge in [-0.1, -0.05) is 13.3 Å². The summed E-state index contributed by atoms with van der Waals surface area (Å²) in [7, 11) is 0. The van der Waals surface area contributed by atoms with E-state index in [4.69, 9.17) is 21.8 Å². The highest BCUT2D eigenvalue weighted by molar-refractivity contribution is 7.80. The van der Waals surface area contributed by atoms with Crippen LogP contribution in [0.25, 0.3) is 0 Å². The van der Waals surface area contributed by atoms with Gasteiger partial charge in [0.2, 0.25) is 0 Å². The molecular formula is C21H36N6O5S. The summed E-state index contributed by atoms with van der Waals surface area (Å²) < 4.78 is 5.41. The molecule has 3 saturated heterocycles. The van der Waals surface area contributed by atoms with E-state index in [-0.39, 0.29) is 24.1 Å². The molecule has 0 aromatic heterocycles. The molecule has 0 saturated carbocycles. The number of carbonyl (C=O) groups is 3. The highest BCUT2D eigenvalue weighted by atomic mass is 32.1. The molecule has 3 aliphatic rings. The number of amides is 4. The Morgan fingerprint density at radius 3 is 2.39 bits per heavy atom. The number of hydrogen-bond acceptors (Lipinski definition) is 6. The molecule has 186 valence electrons. The van der Waals surface area contributed by atoms with Crippen LogP contribution in [0.1, 0.15) is 53.4 Å². The first-order chi connectivity index (χ1) is 15.6. The Kier molecular flexibility index (Phi) is 8.22. The third-order valence-corrected chi connectivity index (χ3v) is 6.23. The minimum Gasteiger partial charge on any atom is -0.444 e. The van der Waals surface area contributed by atoms with E-state index in [1.54, 1.807) is 9.80 Å². The molecule has 2 N–H and O–H groups in total. The topological polar surface area (TPSA) is 107 Å². The summed E-state index contributed by atoms with van der Waals surface area (Å²) in [4.78, 5) is 48.5. The van der Waals surface area contributed by atoms with Gasteiger partial charge in [-0.15, -0.1) is 0 Å². The van der Waals surface area contributed by atoms with E-state index in [1.807, 2.05) is 25.7 Å². The number of nitrogens with one attached hydrogen (secondary N) is 2. The van der Waals surface area contributed by atoms with Crippen molar-refractivity contribution < 1.29 is 24.0 Å². The van der Waals surface area contributed by atoms with Gasteiger partial charge < -0.3 is 19.4 Å². The van der Waals surface area contributed by atoms with Gasteiger partial charge in [-0.2, -0.15) is 5.06 Å². The maximum Gasteiger partial charge on any atom is 0.410 e. The van der Waals surface area contributed by atoms with Crippen LogP contribution >= 0.6 is 12.2 Å². The van der Waals surface area contributed by atoms with E-state index < -0.39 is 11.6 Å². The van der Waals surface area contributed by atoms with E-state index in [0.717, 1.165) is 12.8 Å². The number of nitrogens with zero attached hydrogens (tertiary/aromatic N) is 4. The second-order valence-electron chi connectivity index (χ2n) is 9.57. The van der Waals surface area contributed by atoms with Gasteiger partial charge in [0.05, 0.1) is 12.6 Å². The maximum atomic E-state index is 12.8. The summed E-state index contributed by atoms with van der Waals surface area (Å²) in [6, 6.07) is -0.823. The summed E-state index contributed by atoms with van der Waals surface area (Å²) in [5.41, 5.74) is 4.92. The third-order valence-electron chi connectivity index (χ3n) is 5.86. The van der Waals surface area contributed by atoms with E-state index in [9.17, 15) is 14.4 Å². The first kappa shape index (κ1) is 25.3. The van der Waals surface area contributed by atoms with Crippen molar-refractivity contribution >= 4 is 35.4 Å². The number of rotatable bonds is 5. The highest BCUT2D eigenvalue weighted by Gasteiger charge is 2.48. The lowest BCUT2D eigenvalue weighted by molar-refractivity contribution is -0.131. The van der Waals surface area contributed by atoms with Crippen molar-refractivity contribution in [1.29, 1.82) is 0 Å². The van der Waals surface area contributed by atoms with Gasteiger partial charge in [0.25, 0.3) is 5.91 Å². The number of thiocarbonyl (C=S) groups is 1. The zero-order valence-electron chi connectivity index (χ0n) is 20.0. The molecule has 0 spiro atoms. The fourth-order valence-electron chi connectivity index (χ4n) is 4.07. The number of carbonyl (C=O) groups excluding carboxylic acids is 3. The van der Waals surface area contributed by atoms with Crippen molar-refractivity contribution in [3.8, 4) is 0 Å². The SMILES string of the molecule is CCCCON1C(=O)N2C[C@@H]1CC[C@H]2C(=O)NNC(=S)N1CCN(C(=O)OC(C)(C)C)CC1. The largest absolute Gasteiger partial charge is 0.444 e. The lowest BCUT2D eigenvalue weighted by Crippen LogP contribution is -2.59. The number of unbranched alkanes of at least 4 members (excludes halogenated alkanes) is 1. The Labute approximate surface area is 200 Å². The van der Waals surface area contributed by atoms with E-state index >= 15 is 0 Å².